The van der Waals surface area contributed by atoms with Crippen LogP contribution in [-0.4, -0.2) is 30.4 Å². The quantitative estimate of drug-likeness (QED) is 0.101. The summed E-state index contributed by atoms with van der Waals surface area (Å²) in [5, 5.41) is 2.85. The van der Waals surface area contributed by atoms with Crippen LogP contribution in [0, 0.1) is 0 Å². The van der Waals surface area contributed by atoms with Crippen molar-refractivity contribution in [1.82, 2.24) is 14.9 Å². The van der Waals surface area contributed by atoms with Gasteiger partial charge in [0.15, 0.2) is 0 Å². The first-order valence-corrected chi connectivity index (χ1v) is 17.4. The van der Waals surface area contributed by atoms with E-state index >= 15 is 0 Å². The van der Waals surface area contributed by atoms with Crippen LogP contribution >= 0.6 is 0 Å². The fraction of sp³-hybridized carbons (Fsp3) is 0.128. The van der Waals surface area contributed by atoms with E-state index in [1.54, 1.807) is 12.3 Å². The predicted octanol–water partition coefficient (Wildman–Crippen LogP) is 7.91. The molecule has 0 fully saturated rings. The van der Waals surface area contributed by atoms with Gasteiger partial charge >= 0.3 is 6.18 Å². The van der Waals surface area contributed by atoms with E-state index in [1.807, 2.05) is 60.8 Å². The zero-order valence-corrected chi connectivity index (χ0v) is 27.5. The van der Waals surface area contributed by atoms with Crippen molar-refractivity contribution in [2.45, 2.75) is 29.5 Å². The molecule has 1 aromatic heterocycles. The first-order chi connectivity index (χ1) is 24.1. The summed E-state index contributed by atoms with van der Waals surface area (Å²) in [6.07, 6.45) is 0.0329. The van der Waals surface area contributed by atoms with Crippen LogP contribution in [-0.2, 0) is 28.2 Å². The largest absolute Gasteiger partial charge is 0.416 e. The van der Waals surface area contributed by atoms with Crippen molar-refractivity contribution in [3.63, 3.8) is 0 Å². The highest BCUT2D eigenvalue weighted by atomic mass is 32.2. The lowest BCUT2D eigenvalue weighted by molar-refractivity contribution is -0.137. The number of carbonyl (C=O) groups is 1. The minimum atomic E-state index is -4.72. The van der Waals surface area contributed by atoms with Crippen LogP contribution < -0.4 is 10.0 Å². The van der Waals surface area contributed by atoms with Crippen LogP contribution in [0.15, 0.2) is 157 Å². The maximum Gasteiger partial charge on any atom is 0.416 e. The number of amides is 1. The molecule has 0 bridgehead atoms. The molecule has 0 aliphatic rings. The molecule has 1 amide bonds. The van der Waals surface area contributed by atoms with E-state index in [0.717, 1.165) is 40.7 Å². The zero-order chi connectivity index (χ0) is 35.2. The molecule has 254 valence electrons. The molecule has 50 heavy (non-hydrogen) atoms. The van der Waals surface area contributed by atoms with Gasteiger partial charge in [0.2, 0.25) is 0 Å². The SMILES string of the molecule is O=C(NCCCc1nccn1C(c1ccccc1)(c1ccccc1)c1ccccc1)c1ccccc1NS(=O)(=O)c1cccc(C(F)(F)F)c1. The fourth-order valence-corrected chi connectivity index (χ4v) is 7.26. The summed E-state index contributed by atoms with van der Waals surface area (Å²) in [6, 6.07) is 40.0. The van der Waals surface area contributed by atoms with Gasteiger partial charge in [0.25, 0.3) is 15.9 Å². The lowest BCUT2D eigenvalue weighted by Crippen LogP contribution is -2.38. The van der Waals surface area contributed by atoms with Crippen molar-refractivity contribution in [2.24, 2.45) is 0 Å². The van der Waals surface area contributed by atoms with Crippen LogP contribution in [0.5, 0.6) is 0 Å². The summed E-state index contributed by atoms with van der Waals surface area (Å²) in [5.74, 6) is 0.257. The Labute approximate surface area is 288 Å². The van der Waals surface area contributed by atoms with Gasteiger partial charge in [-0.25, -0.2) is 13.4 Å². The molecule has 7 nitrogen and oxygen atoms in total. The Bertz CT molecular complexity index is 2080. The van der Waals surface area contributed by atoms with Crippen LogP contribution in [0.1, 0.15) is 44.9 Å². The number of imidazole rings is 1. The summed E-state index contributed by atoms with van der Waals surface area (Å²) < 4.78 is 70.2. The van der Waals surface area contributed by atoms with E-state index in [2.05, 4.69) is 51.0 Å². The third-order valence-corrected chi connectivity index (χ3v) is 9.77. The van der Waals surface area contributed by atoms with Gasteiger partial charge in [-0.1, -0.05) is 109 Å². The first-order valence-electron chi connectivity index (χ1n) is 15.9. The van der Waals surface area contributed by atoms with Gasteiger partial charge in [-0.3, -0.25) is 9.52 Å². The van der Waals surface area contributed by atoms with Gasteiger partial charge in [-0.2, -0.15) is 13.2 Å². The second kappa shape index (κ2) is 14.4. The number of sulfonamides is 1. The molecule has 6 rings (SSSR count). The van der Waals surface area contributed by atoms with Crippen LogP contribution in [0.3, 0.4) is 0 Å². The summed E-state index contributed by atoms with van der Waals surface area (Å²) in [4.78, 5) is 17.5. The average Bonchev–Trinajstić information content (AvgIpc) is 3.60. The van der Waals surface area contributed by atoms with Crippen molar-refractivity contribution in [1.29, 1.82) is 0 Å². The molecule has 0 aliphatic heterocycles. The third kappa shape index (κ3) is 7.04. The summed E-state index contributed by atoms with van der Waals surface area (Å²) in [7, 11) is -4.44. The van der Waals surface area contributed by atoms with Crippen LogP contribution in [0.2, 0.25) is 0 Å². The number of carbonyl (C=O) groups excluding carboxylic acids is 1. The molecule has 11 heteroatoms. The molecule has 0 radical (unpaired) electrons. The Hall–Kier alpha value is -5.68. The van der Waals surface area contributed by atoms with E-state index in [1.165, 1.54) is 18.2 Å². The molecule has 6 aromatic rings. The lowest BCUT2D eigenvalue weighted by atomic mass is 9.76. The van der Waals surface area contributed by atoms with Gasteiger partial charge in [0.1, 0.15) is 11.4 Å². The summed E-state index contributed by atoms with van der Waals surface area (Å²) >= 11 is 0. The van der Waals surface area contributed by atoms with Crippen molar-refractivity contribution in [3.05, 3.63) is 186 Å². The Balaban J connectivity index is 1.21. The lowest BCUT2D eigenvalue weighted by Gasteiger charge is -2.38. The Morgan fingerprint density at radius 2 is 1.24 bits per heavy atom. The number of aryl methyl sites for hydroxylation is 1. The van der Waals surface area contributed by atoms with E-state index < -0.39 is 38.1 Å². The highest BCUT2D eigenvalue weighted by molar-refractivity contribution is 7.92. The molecular weight excluding hydrogens is 662 g/mol. The Kier molecular flexibility index (Phi) is 9.87. The maximum absolute atomic E-state index is 13.3. The van der Waals surface area contributed by atoms with Crippen molar-refractivity contribution in [2.75, 3.05) is 11.3 Å². The monoisotopic (exact) mass is 694 g/mol. The minimum Gasteiger partial charge on any atom is -0.352 e. The molecule has 0 aliphatic carbocycles. The number of hydrogen-bond acceptors (Lipinski definition) is 4. The van der Waals surface area contributed by atoms with Crippen molar-refractivity contribution < 1.29 is 26.4 Å². The fourth-order valence-electron chi connectivity index (χ4n) is 6.14. The molecule has 0 unspecified atom stereocenters. The number of hydrogen-bond donors (Lipinski definition) is 2. The van der Waals surface area contributed by atoms with Crippen LogP contribution in [0.25, 0.3) is 0 Å². The number of rotatable bonds is 12. The number of halogens is 3. The van der Waals surface area contributed by atoms with Crippen molar-refractivity contribution >= 4 is 21.6 Å². The van der Waals surface area contributed by atoms with Gasteiger partial charge in [-0.05, 0) is 53.4 Å². The highest BCUT2D eigenvalue weighted by Crippen LogP contribution is 2.41. The number of aromatic nitrogens is 2. The number of nitrogens with one attached hydrogen (secondary N) is 2. The standard InChI is InChI=1S/C39H33F3N4O3S/c40-39(41,42)32-20-12-21-33(28-32)50(48,49)45-35-23-11-10-22-34(35)37(47)44-25-13-24-36-43-26-27-46(36)38(29-14-4-1-5-15-29,30-16-6-2-7-17-30)31-18-8-3-9-19-31/h1-12,14-23,26-28,45H,13,24-25H2,(H,44,47). The summed E-state index contributed by atoms with van der Waals surface area (Å²) in [6.45, 7) is 0.245. The maximum atomic E-state index is 13.3. The average molecular weight is 695 g/mol. The van der Waals surface area contributed by atoms with Gasteiger partial charge in [-0.15, -0.1) is 0 Å². The van der Waals surface area contributed by atoms with E-state index in [0.29, 0.717) is 18.9 Å². The normalized spacial score (nSPS) is 12.0. The molecule has 2 N–H and O–H groups in total. The van der Waals surface area contributed by atoms with Crippen molar-refractivity contribution in [3.8, 4) is 0 Å². The highest BCUT2D eigenvalue weighted by Gasteiger charge is 2.39. The number of nitrogens with zero attached hydrogens (tertiary/aromatic N) is 2. The predicted molar refractivity (Wildman–Crippen MR) is 186 cm³/mol. The molecular formula is C39H33F3N4O3S. The zero-order valence-electron chi connectivity index (χ0n) is 26.7. The van der Waals surface area contributed by atoms with E-state index in [4.69, 9.17) is 4.98 Å². The van der Waals surface area contributed by atoms with Gasteiger partial charge in [0.05, 0.1) is 21.7 Å². The van der Waals surface area contributed by atoms with E-state index in [9.17, 15) is 26.4 Å². The number of alkyl halides is 3. The molecule has 5 aromatic carbocycles. The molecule has 1 heterocycles. The summed E-state index contributed by atoms with van der Waals surface area (Å²) in [5.41, 5.74) is 1.28. The first kappa shape index (κ1) is 34.2. The number of anilines is 1. The van der Waals surface area contributed by atoms with E-state index in [-0.39, 0.29) is 17.8 Å². The third-order valence-electron chi connectivity index (χ3n) is 8.40. The molecule has 0 spiro atoms. The van der Waals surface area contributed by atoms with Gasteiger partial charge < -0.3 is 9.88 Å². The molecule has 0 saturated carbocycles. The molecule has 0 atom stereocenters. The Morgan fingerprint density at radius 1 is 0.700 bits per heavy atom. The van der Waals surface area contributed by atoms with Crippen LogP contribution in [0.4, 0.5) is 18.9 Å². The topological polar surface area (TPSA) is 93.1 Å². The number of para-hydroxylation sites is 1. The minimum absolute atomic E-state index is 0.0285. The second-order valence-corrected chi connectivity index (χ2v) is 13.2. The second-order valence-electron chi connectivity index (χ2n) is 11.6. The smallest absolute Gasteiger partial charge is 0.352 e. The van der Waals surface area contributed by atoms with Gasteiger partial charge in [0, 0.05) is 25.4 Å². The number of benzene rings is 5. The molecule has 0 saturated heterocycles. The Morgan fingerprint density at radius 3 is 1.82 bits per heavy atom.